The second-order valence-corrected chi connectivity index (χ2v) is 5.98. The van der Waals surface area contributed by atoms with Gasteiger partial charge in [-0.15, -0.1) is 0 Å². The lowest BCUT2D eigenvalue weighted by atomic mass is 9.74. The summed E-state index contributed by atoms with van der Waals surface area (Å²) < 4.78 is 6.23. The molecule has 1 aromatic carbocycles. The number of aliphatic carboxylic acids is 1. The maximum absolute atomic E-state index is 11.6. The Balaban J connectivity index is 2.01. The molecule has 1 N–H and O–H groups in total. The number of hydrogen-bond donors (Lipinski definition) is 1. The van der Waals surface area contributed by atoms with Gasteiger partial charge in [-0.1, -0.05) is 24.1 Å². The molecule has 0 bridgehead atoms. The lowest BCUT2D eigenvalue weighted by molar-refractivity contribution is -0.141. The molecule has 1 aliphatic heterocycles. The fraction of sp³-hybridized carbons (Fsp3) is 0.562. The molecule has 1 unspecified atom stereocenters. The highest BCUT2D eigenvalue weighted by Gasteiger charge is 2.44. The molecule has 0 aromatic heterocycles. The summed E-state index contributed by atoms with van der Waals surface area (Å²) in [5, 5.41) is 9.53. The van der Waals surface area contributed by atoms with Crippen molar-refractivity contribution in [2.45, 2.75) is 57.0 Å². The summed E-state index contributed by atoms with van der Waals surface area (Å²) in [5.41, 5.74) is 1.71. The van der Waals surface area contributed by atoms with Gasteiger partial charge in [0.1, 0.15) is 11.4 Å². The molecule has 1 fully saturated rings. The molecular weight excluding hydrogens is 240 g/mol. The zero-order valence-corrected chi connectivity index (χ0v) is 11.3. The second kappa shape index (κ2) is 4.55. The van der Waals surface area contributed by atoms with Gasteiger partial charge in [0.15, 0.2) is 0 Å². The van der Waals surface area contributed by atoms with Crippen molar-refractivity contribution < 1.29 is 14.6 Å². The number of rotatable bonds is 1. The molecule has 0 radical (unpaired) electrons. The van der Waals surface area contributed by atoms with E-state index < -0.39 is 11.9 Å². The summed E-state index contributed by atoms with van der Waals surface area (Å²) in [6.45, 7) is 1.99. The minimum atomic E-state index is -0.722. The zero-order valence-electron chi connectivity index (χ0n) is 11.3. The normalized spacial score (nSPS) is 24.6. The van der Waals surface area contributed by atoms with Crippen LogP contribution < -0.4 is 4.74 Å². The first-order valence-corrected chi connectivity index (χ1v) is 7.12. The third-order valence-corrected chi connectivity index (χ3v) is 4.51. The molecule has 3 nitrogen and oxygen atoms in total. The number of carboxylic acids is 1. The van der Waals surface area contributed by atoms with Gasteiger partial charge in [-0.25, -0.2) is 0 Å². The molecule has 0 amide bonds. The van der Waals surface area contributed by atoms with Crippen molar-refractivity contribution in [2.75, 3.05) is 0 Å². The molecule has 1 aliphatic carbocycles. The summed E-state index contributed by atoms with van der Waals surface area (Å²) in [4.78, 5) is 11.6. The van der Waals surface area contributed by atoms with Crippen molar-refractivity contribution >= 4 is 5.97 Å². The minimum absolute atomic E-state index is 0.233. The first-order chi connectivity index (χ1) is 9.10. The van der Waals surface area contributed by atoms with Crippen LogP contribution in [-0.4, -0.2) is 16.7 Å². The molecule has 1 atom stereocenters. The van der Waals surface area contributed by atoms with Crippen molar-refractivity contribution in [2.24, 2.45) is 0 Å². The third kappa shape index (κ3) is 2.22. The Morgan fingerprint density at radius 1 is 1.32 bits per heavy atom. The van der Waals surface area contributed by atoms with Gasteiger partial charge in [0.05, 0.1) is 5.92 Å². The molecule has 1 saturated carbocycles. The Morgan fingerprint density at radius 2 is 2.05 bits per heavy atom. The van der Waals surface area contributed by atoms with Crippen molar-refractivity contribution in [3.05, 3.63) is 29.3 Å². The number of aryl methyl sites for hydroxylation is 1. The van der Waals surface area contributed by atoms with Crippen LogP contribution in [0.1, 0.15) is 55.6 Å². The Kier molecular flexibility index (Phi) is 3.00. The van der Waals surface area contributed by atoms with Crippen LogP contribution in [0.5, 0.6) is 5.75 Å². The lowest BCUT2D eigenvalue weighted by Crippen LogP contribution is -2.44. The zero-order chi connectivity index (χ0) is 13.5. The van der Waals surface area contributed by atoms with Gasteiger partial charge in [-0.05, 0) is 38.7 Å². The molecule has 1 spiro atoms. The summed E-state index contributed by atoms with van der Waals surface area (Å²) >= 11 is 0. The van der Waals surface area contributed by atoms with Crippen LogP contribution in [0.4, 0.5) is 0 Å². The highest BCUT2D eigenvalue weighted by atomic mass is 16.5. The molecule has 1 aromatic rings. The fourth-order valence-electron chi connectivity index (χ4n) is 3.51. The summed E-state index contributed by atoms with van der Waals surface area (Å²) in [5.74, 6) is -0.354. The van der Waals surface area contributed by atoms with Gasteiger partial charge in [-0.3, -0.25) is 4.79 Å². The number of fused-ring (bicyclic) bond motifs is 1. The van der Waals surface area contributed by atoms with E-state index in [0.29, 0.717) is 6.42 Å². The standard InChI is InChI=1S/C16H20O3/c1-11-5-6-14-12(9-11)13(15(17)18)10-16(19-14)7-3-2-4-8-16/h5-6,9,13H,2-4,7-8,10H2,1H3,(H,17,18). The maximum Gasteiger partial charge on any atom is 0.311 e. The highest BCUT2D eigenvalue weighted by molar-refractivity contribution is 5.78. The Morgan fingerprint density at radius 3 is 2.74 bits per heavy atom. The molecular formula is C16H20O3. The largest absolute Gasteiger partial charge is 0.487 e. The van der Waals surface area contributed by atoms with E-state index in [-0.39, 0.29) is 5.60 Å². The first-order valence-electron chi connectivity index (χ1n) is 7.12. The average Bonchev–Trinajstić information content (AvgIpc) is 2.39. The van der Waals surface area contributed by atoms with E-state index in [9.17, 15) is 9.90 Å². The van der Waals surface area contributed by atoms with Crippen LogP contribution in [0.25, 0.3) is 0 Å². The fourth-order valence-corrected chi connectivity index (χ4v) is 3.51. The number of hydrogen-bond acceptors (Lipinski definition) is 2. The average molecular weight is 260 g/mol. The number of carbonyl (C=O) groups is 1. The van der Waals surface area contributed by atoms with E-state index in [1.165, 1.54) is 6.42 Å². The first kappa shape index (κ1) is 12.5. The predicted molar refractivity (Wildman–Crippen MR) is 72.6 cm³/mol. The molecule has 1 heterocycles. The van der Waals surface area contributed by atoms with Crippen molar-refractivity contribution in [1.82, 2.24) is 0 Å². The number of ether oxygens (including phenoxy) is 1. The predicted octanol–water partition coefficient (Wildman–Crippen LogP) is 3.65. The second-order valence-electron chi connectivity index (χ2n) is 5.98. The Bertz CT molecular complexity index is 501. The number of benzene rings is 1. The van der Waals surface area contributed by atoms with Gasteiger partial charge in [0.2, 0.25) is 0 Å². The van der Waals surface area contributed by atoms with E-state index in [1.807, 2.05) is 25.1 Å². The van der Waals surface area contributed by atoms with Crippen LogP contribution in [0.15, 0.2) is 18.2 Å². The van der Waals surface area contributed by atoms with Gasteiger partial charge in [0, 0.05) is 12.0 Å². The number of carboxylic acid groups (broad SMARTS) is 1. The van der Waals surface area contributed by atoms with E-state index in [1.54, 1.807) is 0 Å². The van der Waals surface area contributed by atoms with Crippen LogP contribution >= 0.6 is 0 Å². The van der Waals surface area contributed by atoms with E-state index in [0.717, 1.165) is 42.6 Å². The van der Waals surface area contributed by atoms with Crippen molar-refractivity contribution in [1.29, 1.82) is 0 Å². The highest BCUT2D eigenvalue weighted by Crippen LogP contribution is 2.47. The van der Waals surface area contributed by atoms with E-state index in [2.05, 4.69) is 0 Å². The summed E-state index contributed by atoms with van der Waals surface area (Å²) in [7, 11) is 0. The molecule has 2 aliphatic rings. The van der Waals surface area contributed by atoms with Gasteiger partial charge in [-0.2, -0.15) is 0 Å². The van der Waals surface area contributed by atoms with Crippen LogP contribution in [0.2, 0.25) is 0 Å². The maximum atomic E-state index is 11.6. The van der Waals surface area contributed by atoms with E-state index in [4.69, 9.17) is 4.74 Å². The summed E-state index contributed by atoms with van der Waals surface area (Å²) in [6.07, 6.45) is 6.14. The molecule has 19 heavy (non-hydrogen) atoms. The van der Waals surface area contributed by atoms with Gasteiger partial charge >= 0.3 is 5.97 Å². The van der Waals surface area contributed by atoms with Crippen molar-refractivity contribution in [3.8, 4) is 5.75 Å². The molecule has 102 valence electrons. The lowest BCUT2D eigenvalue weighted by Gasteiger charge is -2.43. The van der Waals surface area contributed by atoms with Gasteiger partial charge < -0.3 is 9.84 Å². The third-order valence-electron chi connectivity index (χ3n) is 4.51. The SMILES string of the molecule is Cc1ccc2c(c1)C(C(=O)O)CC1(CCCCC1)O2. The molecule has 0 saturated heterocycles. The Labute approximate surface area is 113 Å². The summed E-state index contributed by atoms with van der Waals surface area (Å²) in [6, 6.07) is 5.90. The molecule has 3 heteroatoms. The topological polar surface area (TPSA) is 46.5 Å². The quantitative estimate of drug-likeness (QED) is 0.838. The van der Waals surface area contributed by atoms with Crippen LogP contribution in [0, 0.1) is 6.92 Å². The van der Waals surface area contributed by atoms with Crippen LogP contribution in [-0.2, 0) is 4.79 Å². The Hall–Kier alpha value is -1.51. The monoisotopic (exact) mass is 260 g/mol. The van der Waals surface area contributed by atoms with Gasteiger partial charge in [0.25, 0.3) is 0 Å². The smallest absolute Gasteiger partial charge is 0.311 e. The van der Waals surface area contributed by atoms with E-state index >= 15 is 0 Å². The van der Waals surface area contributed by atoms with Crippen LogP contribution in [0.3, 0.4) is 0 Å². The molecule has 3 rings (SSSR count). The minimum Gasteiger partial charge on any atom is -0.487 e. The van der Waals surface area contributed by atoms with Crippen molar-refractivity contribution in [3.63, 3.8) is 0 Å².